The molecule has 1 aliphatic rings. The van der Waals surface area contributed by atoms with Crippen molar-refractivity contribution in [2.45, 2.75) is 32.2 Å². The van der Waals surface area contributed by atoms with Gasteiger partial charge in [0.25, 0.3) is 11.6 Å². The Morgan fingerprint density at radius 1 is 1.33 bits per heavy atom. The topological polar surface area (TPSA) is 128 Å². The molecule has 1 aliphatic heterocycles. The number of ether oxygens (including phenoxy) is 2. The second-order valence-electron chi connectivity index (χ2n) is 5.28. The zero-order valence-electron chi connectivity index (χ0n) is 13.1. The van der Waals surface area contributed by atoms with Crippen molar-refractivity contribution in [2.24, 2.45) is 0 Å². The minimum Gasteiger partial charge on any atom is -0.486 e. The van der Waals surface area contributed by atoms with E-state index in [0.29, 0.717) is 6.42 Å². The molecule has 1 heterocycles. The van der Waals surface area contributed by atoms with Crippen molar-refractivity contribution in [3.8, 4) is 11.5 Å². The van der Waals surface area contributed by atoms with Crippen LogP contribution in [0.3, 0.4) is 0 Å². The summed E-state index contributed by atoms with van der Waals surface area (Å²) < 4.78 is 10.6. The first kappa shape index (κ1) is 17.5. The summed E-state index contributed by atoms with van der Waals surface area (Å²) >= 11 is 0. The number of carboxylic acid groups (broad SMARTS) is 1. The van der Waals surface area contributed by atoms with Gasteiger partial charge in [-0.25, -0.2) is 4.79 Å². The van der Waals surface area contributed by atoms with Gasteiger partial charge in [-0.2, -0.15) is 0 Å². The summed E-state index contributed by atoms with van der Waals surface area (Å²) in [4.78, 5) is 34.1. The fourth-order valence-corrected chi connectivity index (χ4v) is 2.31. The summed E-state index contributed by atoms with van der Waals surface area (Å²) in [7, 11) is 0. The van der Waals surface area contributed by atoms with E-state index in [-0.39, 0.29) is 36.7 Å². The van der Waals surface area contributed by atoms with Crippen molar-refractivity contribution in [1.29, 1.82) is 0 Å². The Morgan fingerprint density at radius 3 is 2.50 bits per heavy atom. The Morgan fingerprint density at radius 2 is 1.96 bits per heavy atom. The predicted octanol–water partition coefficient (Wildman–Crippen LogP) is 1.74. The Hall–Kier alpha value is -2.84. The molecule has 0 fully saturated rings. The number of nitrogens with one attached hydrogen (secondary N) is 1. The highest BCUT2D eigenvalue weighted by molar-refractivity contribution is 6.00. The molecule has 9 heteroatoms. The molecule has 0 unspecified atom stereocenters. The number of nitro benzene ring substituents is 1. The average Bonchev–Trinajstić information content (AvgIpc) is 2.56. The summed E-state index contributed by atoms with van der Waals surface area (Å²) in [5, 5.41) is 22.7. The molecule has 9 nitrogen and oxygen atoms in total. The third-order valence-electron chi connectivity index (χ3n) is 3.55. The first-order chi connectivity index (χ1) is 11.4. The highest BCUT2D eigenvalue weighted by Crippen LogP contribution is 2.36. The minimum atomic E-state index is -1.18. The van der Waals surface area contributed by atoms with E-state index in [0.717, 1.165) is 12.5 Å². The third-order valence-corrected chi connectivity index (χ3v) is 3.55. The van der Waals surface area contributed by atoms with Gasteiger partial charge in [-0.05, 0) is 6.42 Å². The van der Waals surface area contributed by atoms with Gasteiger partial charge in [0.1, 0.15) is 24.8 Å². The molecule has 1 amide bonds. The largest absolute Gasteiger partial charge is 0.486 e. The van der Waals surface area contributed by atoms with Crippen molar-refractivity contribution in [2.75, 3.05) is 13.2 Å². The van der Waals surface area contributed by atoms with Crippen LogP contribution < -0.4 is 14.8 Å². The Kier molecular flexibility index (Phi) is 5.56. The standard InChI is InChI=1S/C15H18N2O7/c1-2-3-4-10(15(19)20)16-14(18)9-7-12-13(24-6-5-23-12)8-11(9)17(21)22/h7-8,10H,2-6H2,1H3,(H,16,18)(H,19,20)/t10-/m0/s1. The van der Waals surface area contributed by atoms with Crippen LogP contribution in [0.15, 0.2) is 12.1 Å². The van der Waals surface area contributed by atoms with Gasteiger partial charge in [-0.1, -0.05) is 19.8 Å². The molecule has 130 valence electrons. The van der Waals surface area contributed by atoms with Crippen molar-refractivity contribution < 1.29 is 29.1 Å². The zero-order valence-corrected chi connectivity index (χ0v) is 13.1. The van der Waals surface area contributed by atoms with Crippen LogP contribution in [0.25, 0.3) is 0 Å². The molecule has 1 aromatic carbocycles. The van der Waals surface area contributed by atoms with E-state index >= 15 is 0 Å². The summed E-state index contributed by atoms with van der Waals surface area (Å²) in [6.07, 6.45) is 1.63. The lowest BCUT2D eigenvalue weighted by Crippen LogP contribution is -2.41. The van der Waals surface area contributed by atoms with Crippen LogP contribution in [-0.2, 0) is 4.79 Å². The molecule has 24 heavy (non-hydrogen) atoms. The van der Waals surface area contributed by atoms with Crippen LogP contribution in [0.4, 0.5) is 5.69 Å². The number of nitrogens with zero attached hydrogens (tertiary/aromatic N) is 1. The normalized spacial score (nSPS) is 13.9. The molecule has 2 N–H and O–H groups in total. The molecule has 1 aromatic rings. The fraction of sp³-hybridized carbons (Fsp3) is 0.467. The molecule has 0 saturated heterocycles. The molecular weight excluding hydrogens is 320 g/mol. The maximum Gasteiger partial charge on any atom is 0.326 e. The smallest absolute Gasteiger partial charge is 0.326 e. The number of fused-ring (bicyclic) bond motifs is 1. The van der Waals surface area contributed by atoms with E-state index in [1.54, 1.807) is 0 Å². The van der Waals surface area contributed by atoms with Gasteiger partial charge < -0.3 is 19.9 Å². The maximum atomic E-state index is 12.4. The summed E-state index contributed by atoms with van der Waals surface area (Å²) in [6.45, 7) is 2.42. The van der Waals surface area contributed by atoms with Crippen molar-refractivity contribution in [1.82, 2.24) is 5.32 Å². The Balaban J connectivity index is 2.30. The summed E-state index contributed by atoms with van der Waals surface area (Å²) in [5.74, 6) is -1.61. The Bertz CT molecular complexity index is 659. The van der Waals surface area contributed by atoms with Gasteiger partial charge in [0, 0.05) is 6.07 Å². The number of aliphatic carboxylic acids is 1. The fourth-order valence-electron chi connectivity index (χ4n) is 2.31. The molecule has 0 aromatic heterocycles. The third kappa shape index (κ3) is 3.92. The van der Waals surface area contributed by atoms with Crippen molar-refractivity contribution in [3.63, 3.8) is 0 Å². The molecule has 0 bridgehead atoms. The van der Waals surface area contributed by atoms with E-state index in [1.807, 2.05) is 6.92 Å². The lowest BCUT2D eigenvalue weighted by molar-refractivity contribution is -0.385. The number of hydrogen-bond acceptors (Lipinski definition) is 6. The van der Waals surface area contributed by atoms with Crippen molar-refractivity contribution >= 4 is 17.6 Å². The number of rotatable bonds is 7. The van der Waals surface area contributed by atoms with Crippen LogP contribution >= 0.6 is 0 Å². The monoisotopic (exact) mass is 338 g/mol. The van der Waals surface area contributed by atoms with Crippen LogP contribution in [0.1, 0.15) is 36.5 Å². The summed E-state index contributed by atoms with van der Waals surface area (Å²) in [6, 6.07) is 1.22. The molecule has 2 rings (SSSR count). The van der Waals surface area contributed by atoms with Crippen LogP contribution in [0, 0.1) is 10.1 Å². The van der Waals surface area contributed by atoms with Crippen LogP contribution in [0.2, 0.25) is 0 Å². The first-order valence-corrected chi connectivity index (χ1v) is 7.55. The van der Waals surface area contributed by atoms with E-state index < -0.39 is 28.5 Å². The molecule has 0 saturated carbocycles. The van der Waals surface area contributed by atoms with Gasteiger partial charge in [-0.15, -0.1) is 0 Å². The van der Waals surface area contributed by atoms with Gasteiger partial charge in [-0.3, -0.25) is 14.9 Å². The second-order valence-corrected chi connectivity index (χ2v) is 5.28. The highest BCUT2D eigenvalue weighted by Gasteiger charge is 2.29. The SMILES string of the molecule is CCCC[C@H](NC(=O)c1cc2c(cc1[N+](=O)[O-])OCCO2)C(=O)O. The van der Waals surface area contributed by atoms with Gasteiger partial charge in [0.15, 0.2) is 11.5 Å². The van der Waals surface area contributed by atoms with Crippen LogP contribution in [0.5, 0.6) is 11.5 Å². The second kappa shape index (κ2) is 7.62. The quantitative estimate of drug-likeness (QED) is 0.572. The number of benzene rings is 1. The molecule has 0 spiro atoms. The van der Waals surface area contributed by atoms with Gasteiger partial charge in [0.2, 0.25) is 0 Å². The van der Waals surface area contributed by atoms with Gasteiger partial charge in [0.05, 0.1) is 11.0 Å². The number of nitro groups is 1. The number of hydrogen-bond donors (Lipinski definition) is 2. The Labute approximate surface area is 137 Å². The van der Waals surface area contributed by atoms with E-state index in [2.05, 4.69) is 5.32 Å². The number of amides is 1. The van der Waals surface area contributed by atoms with Crippen LogP contribution in [-0.4, -0.2) is 41.2 Å². The maximum absolute atomic E-state index is 12.4. The summed E-state index contributed by atoms with van der Waals surface area (Å²) in [5.41, 5.74) is -0.719. The number of unbranched alkanes of at least 4 members (excludes halogenated alkanes) is 1. The van der Waals surface area contributed by atoms with Crippen molar-refractivity contribution in [3.05, 3.63) is 27.8 Å². The minimum absolute atomic E-state index is 0.185. The lowest BCUT2D eigenvalue weighted by atomic mass is 10.1. The molecule has 1 atom stereocenters. The first-order valence-electron chi connectivity index (χ1n) is 7.55. The molecule has 0 aliphatic carbocycles. The van der Waals surface area contributed by atoms with E-state index in [1.165, 1.54) is 6.07 Å². The van der Waals surface area contributed by atoms with E-state index in [9.17, 15) is 24.8 Å². The zero-order chi connectivity index (χ0) is 17.7. The van der Waals surface area contributed by atoms with Gasteiger partial charge >= 0.3 is 5.97 Å². The number of carbonyl (C=O) groups is 2. The van der Waals surface area contributed by atoms with E-state index in [4.69, 9.17) is 9.47 Å². The lowest BCUT2D eigenvalue weighted by Gasteiger charge is -2.19. The highest BCUT2D eigenvalue weighted by atomic mass is 16.6. The number of carbonyl (C=O) groups excluding carboxylic acids is 1. The molecular formula is C15H18N2O7. The predicted molar refractivity (Wildman–Crippen MR) is 82.5 cm³/mol. The number of carboxylic acids is 1. The molecule has 0 radical (unpaired) electrons. The average molecular weight is 338 g/mol.